The van der Waals surface area contributed by atoms with Crippen molar-refractivity contribution in [3.05, 3.63) is 70.7 Å². The lowest BCUT2D eigenvalue weighted by molar-refractivity contribution is 0.797. The Morgan fingerprint density at radius 3 is 2.54 bits per heavy atom. The van der Waals surface area contributed by atoms with Crippen LogP contribution < -0.4 is 5.32 Å². The first-order valence-electron chi connectivity index (χ1n) is 7.96. The topological polar surface area (TPSA) is 55.6 Å². The Balaban J connectivity index is 1.67. The Morgan fingerprint density at radius 2 is 1.88 bits per heavy atom. The van der Waals surface area contributed by atoms with E-state index in [1.807, 2.05) is 24.0 Å². The number of rotatable bonds is 6. The number of nitrogens with zero attached hydrogens (tertiary/aromatic N) is 4. The van der Waals surface area contributed by atoms with Gasteiger partial charge in [0.15, 0.2) is 0 Å². The van der Waals surface area contributed by atoms with E-state index in [2.05, 4.69) is 51.5 Å². The second-order valence-corrected chi connectivity index (χ2v) is 6.01. The van der Waals surface area contributed by atoms with Crippen LogP contribution >= 0.6 is 11.6 Å². The molecule has 0 atom stereocenters. The van der Waals surface area contributed by atoms with Gasteiger partial charge in [-0.1, -0.05) is 42.8 Å². The van der Waals surface area contributed by atoms with Gasteiger partial charge in [-0.25, -0.2) is 15.0 Å². The first kappa shape index (κ1) is 16.5. The number of halogens is 1. The van der Waals surface area contributed by atoms with Gasteiger partial charge in [0.1, 0.15) is 16.8 Å². The van der Waals surface area contributed by atoms with Crippen molar-refractivity contribution in [2.24, 2.45) is 0 Å². The molecule has 6 heteroatoms. The summed E-state index contributed by atoms with van der Waals surface area (Å²) < 4.78 is 2.05. The SMILES string of the molecule is CCc1c(Cl)nc(C)nc1NCc1ccc(Cn2ccnc2)cc1. The minimum atomic E-state index is 0.531. The maximum Gasteiger partial charge on any atom is 0.138 e. The first-order valence-corrected chi connectivity index (χ1v) is 8.34. The lowest BCUT2D eigenvalue weighted by atomic mass is 10.1. The molecule has 0 aliphatic rings. The first-order chi connectivity index (χ1) is 11.7. The van der Waals surface area contributed by atoms with Crippen molar-refractivity contribution in [3.63, 3.8) is 0 Å². The molecule has 0 amide bonds. The summed E-state index contributed by atoms with van der Waals surface area (Å²) in [6.45, 7) is 5.43. The second-order valence-electron chi connectivity index (χ2n) is 5.65. The van der Waals surface area contributed by atoms with Crippen molar-refractivity contribution in [3.8, 4) is 0 Å². The zero-order valence-corrected chi connectivity index (χ0v) is 14.6. The van der Waals surface area contributed by atoms with Crippen LogP contribution in [0.2, 0.25) is 5.15 Å². The van der Waals surface area contributed by atoms with Crippen LogP contribution in [-0.4, -0.2) is 19.5 Å². The minimum Gasteiger partial charge on any atom is -0.366 e. The minimum absolute atomic E-state index is 0.531. The molecule has 0 radical (unpaired) electrons. The van der Waals surface area contributed by atoms with Gasteiger partial charge in [-0.15, -0.1) is 0 Å². The van der Waals surface area contributed by atoms with E-state index in [1.54, 1.807) is 6.20 Å². The van der Waals surface area contributed by atoms with E-state index in [0.29, 0.717) is 17.5 Å². The van der Waals surface area contributed by atoms with E-state index >= 15 is 0 Å². The van der Waals surface area contributed by atoms with E-state index in [9.17, 15) is 0 Å². The van der Waals surface area contributed by atoms with Gasteiger partial charge in [0.05, 0.1) is 6.33 Å². The summed E-state index contributed by atoms with van der Waals surface area (Å²) in [4.78, 5) is 12.7. The van der Waals surface area contributed by atoms with Gasteiger partial charge in [-0.3, -0.25) is 0 Å². The van der Waals surface area contributed by atoms with Crippen LogP contribution in [0.3, 0.4) is 0 Å². The number of anilines is 1. The highest BCUT2D eigenvalue weighted by atomic mass is 35.5. The van der Waals surface area contributed by atoms with Crippen molar-refractivity contribution >= 4 is 17.4 Å². The van der Waals surface area contributed by atoms with Gasteiger partial charge < -0.3 is 9.88 Å². The third-order valence-corrected chi connectivity index (χ3v) is 4.14. The molecule has 0 saturated carbocycles. The fourth-order valence-corrected chi connectivity index (χ4v) is 2.91. The molecule has 2 heterocycles. The lowest BCUT2D eigenvalue weighted by Crippen LogP contribution is -2.07. The molecule has 0 aliphatic carbocycles. The van der Waals surface area contributed by atoms with Gasteiger partial charge in [0.25, 0.3) is 0 Å². The summed E-state index contributed by atoms with van der Waals surface area (Å²) in [6.07, 6.45) is 6.37. The van der Waals surface area contributed by atoms with Gasteiger partial charge in [-0.2, -0.15) is 0 Å². The molecule has 1 aromatic carbocycles. The lowest BCUT2D eigenvalue weighted by Gasteiger charge is -2.12. The Hall–Kier alpha value is -2.40. The predicted octanol–water partition coefficient (Wildman–Crippen LogP) is 3.86. The van der Waals surface area contributed by atoms with Crippen molar-refractivity contribution in [2.45, 2.75) is 33.4 Å². The normalized spacial score (nSPS) is 10.8. The van der Waals surface area contributed by atoms with E-state index in [1.165, 1.54) is 11.1 Å². The molecule has 124 valence electrons. The highest BCUT2D eigenvalue weighted by molar-refractivity contribution is 6.30. The Kier molecular flexibility index (Phi) is 5.11. The molecule has 0 fully saturated rings. The van der Waals surface area contributed by atoms with E-state index in [-0.39, 0.29) is 0 Å². The molecule has 3 aromatic rings. The highest BCUT2D eigenvalue weighted by Crippen LogP contribution is 2.22. The maximum atomic E-state index is 6.21. The number of benzene rings is 1. The molecule has 0 aliphatic heterocycles. The van der Waals surface area contributed by atoms with Crippen LogP contribution in [0.4, 0.5) is 5.82 Å². The number of imidazole rings is 1. The molecular formula is C18H20ClN5. The van der Waals surface area contributed by atoms with Crippen molar-refractivity contribution in [2.75, 3.05) is 5.32 Å². The molecule has 0 bridgehead atoms. The predicted molar refractivity (Wildman–Crippen MR) is 96.3 cm³/mol. The molecule has 3 rings (SSSR count). The quantitative estimate of drug-likeness (QED) is 0.692. The molecule has 5 nitrogen and oxygen atoms in total. The molecule has 24 heavy (non-hydrogen) atoms. The summed E-state index contributed by atoms with van der Waals surface area (Å²) in [5.41, 5.74) is 3.39. The number of nitrogens with one attached hydrogen (secondary N) is 1. The van der Waals surface area contributed by atoms with Gasteiger partial charge in [-0.05, 0) is 24.5 Å². The van der Waals surface area contributed by atoms with Crippen LogP contribution in [0, 0.1) is 6.92 Å². The molecule has 0 unspecified atom stereocenters. The Morgan fingerprint density at radius 1 is 1.12 bits per heavy atom. The third kappa shape index (κ3) is 3.92. The van der Waals surface area contributed by atoms with Crippen LogP contribution in [0.25, 0.3) is 0 Å². The van der Waals surface area contributed by atoms with Crippen LogP contribution in [0.1, 0.15) is 29.4 Å². The van der Waals surface area contributed by atoms with Gasteiger partial charge >= 0.3 is 0 Å². The molecule has 0 saturated heterocycles. The maximum absolute atomic E-state index is 6.21. The molecule has 0 spiro atoms. The number of aryl methyl sites for hydroxylation is 1. The Labute approximate surface area is 146 Å². The fraction of sp³-hybridized carbons (Fsp3) is 0.278. The average molecular weight is 342 g/mol. The number of hydrogen-bond donors (Lipinski definition) is 1. The summed E-state index contributed by atoms with van der Waals surface area (Å²) in [5, 5.41) is 3.91. The second kappa shape index (κ2) is 7.45. The van der Waals surface area contributed by atoms with E-state index < -0.39 is 0 Å². The molecule has 2 aromatic heterocycles. The molecular weight excluding hydrogens is 322 g/mol. The summed E-state index contributed by atoms with van der Waals surface area (Å²) in [6, 6.07) is 8.52. The van der Waals surface area contributed by atoms with Gasteiger partial charge in [0, 0.05) is 31.0 Å². The van der Waals surface area contributed by atoms with Crippen LogP contribution in [0.15, 0.2) is 43.0 Å². The van der Waals surface area contributed by atoms with E-state index in [0.717, 1.165) is 24.3 Å². The van der Waals surface area contributed by atoms with Gasteiger partial charge in [0.2, 0.25) is 0 Å². The summed E-state index contributed by atoms with van der Waals surface area (Å²) in [7, 11) is 0. The van der Waals surface area contributed by atoms with E-state index in [4.69, 9.17) is 11.6 Å². The number of hydrogen-bond acceptors (Lipinski definition) is 4. The largest absolute Gasteiger partial charge is 0.366 e. The highest BCUT2D eigenvalue weighted by Gasteiger charge is 2.09. The van der Waals surface area contributed by atoms with Crippen molar-refractivity contribution in [1.82, 2.24) is 19.5 Å². The van der Waals surface area contributed by atoms with Crippen molar-refractivity contribution in [1.29, 1.82) is 0 Å². The van der Waals surface area contributed by atoms with Crippen LogP contribution in [-0.2, 0) is 19.5 Å². The van der Waals surface area contributed by atoms with Crippen molar-refractivity contribution < 1.29 is 0 Å². The van der Waals surface area contributed by atoms with Crippen LogP contribution in [0.5, 0.6) is 0 Å². The summed E-state index contributed by atoms with van der Waals surface area (Å²) in [5.74, 6) is 1.49. The third-order valence-electron chi connectivity index (χ3n) is 3.83. The zero-order valence-electron chi connectivity index (χ0n) is 13.8. The monoisotopic (exact) mass is 341 g/mol. The molecule has 1 N–H and O–H groups in total. The number of aromatic nitrogens is 4. The smallest absolute Gasteiger partial charge is 0.138 e. The summed E-state index contributed by atoms with van der Waals surface area (Å²) >= 11 is 6.21. The zero-order chi connectivity index (χ0) is 16.9. The Bertz CT molecular complexity index is 797. The standard InChI is InChI=1S/C18H20ClN5/c1-3-16-17(19)22-13(2)23-18(16)21-10-14-4-6-15(7-5-14)11-24-9-8-20-12-24/h4-9,12H,3,10-11H2,1-2H3,(H,21,22,23). The fourth-order valence-electron chi connectivity index (χ4n) is 2.56. The average Bonchev–Trinajstić information content (AvgIpc) is 3.07.